The van der Waals surface area contributed by atoms with Gasteiger partial charge in [0.15, 0.2) is 0 Å². The van der Waals surface area contributed by atoms with Crippen LogP contribution in [-0.2, 0) is 23.9 Å². The molecule has 0 heterocycles. The first kappa shape index (κ1) is 22.8. The van der Waals surface area contributed by atoms with Gasteiger partial charge in [0.25, 0.3) is 0 Å². The van der Waals surface area contributed by atoms with E-state index in [-0.39, 0.29) is 0 Å². The molecule has 142 valence electrons. The largest absolute Gasteiger partial charge is 0.481 e. The first-order chi connectivity index (χ1) is 11.8. The Labute approximate surface area is 147 Å². The van der Waals surface area contributed by atoms with E-state index in [1.165, 1.54) is 12.5 Å². The summed E-state index contributed by atoms with van der Waals surface area (Å²) in [6, 6.07) is -1.34. The van der Waals surface area contributed by atoms with Crippen molar-refractivity contribution in [2.45, 2.75) is 64.3 Å². The van der Waals surface area contributed by atoms with Gasteiger partial charge < -0.3 is 21.3 Å². The minimum Gasteiger partial charge on any atom is -0.481 e. The van der Waals surface area contributed by atoms with E-state index in [4.69, 9.17) is 16.6 Å². The highest BCUT2D eigenvalue weighted by molar-refractivity contribution is 5.92. The van der Waals surface area contributed by atoms with E-state index in [0.29, 0.717) is 0 Å². The lowest BCUT2D eigenvalue weighted by atomic mass is 10.0. The SMILES string of the molecule is CCCCCCCC=CC(CC(=O)OC(=O)[C@@H](N)CC(N)=O)C(=O)O. The van der Waals surface area contributed by atoms with E-state index in [9.17, 15) is 19.2 Å². The second-order valence-corrected chi connectivity index (χ2v) is 5.85. The fourth-order valence-corrected chi connectivity index (χ4v) is 2.07. The van der Waals surface area contributed by atoms with Gasteiger partial charge in [0.05, 0.1) is 18.8 Å². The molecule has 0 bridgehead atoms. The van der Waals surface area contributed by atoms with Gasteiger partial charge in [-0.05, 0) is 12.8 Å². The number of hydrogen-bond donors (Lipinski definition) is 3. The third-order valence-corrected chi connectivity index (χ3v) is 3.48. The first-order valence-electron chi connectivity index (χ1n) is 8.45. The molecule has 0 aromatic rings. The number of allylic oxidation sites excluding steroid dienone is 1. The monoisotopic (exact) mass is 356 g/mol. The summed E-state index contributed by atoms with van der Waals surface area (Å²) in [5.74, 6) is -5.18. The molecule has 25 heavy (non-hydrogen) atoms. The molecule has 2 atom stereocenters. The lowest BCUT2D eigenvalue weighted by Gasteiger charge is -2.10. The Hall–Kier alpha value is -2.22. The fraction of sp³-hybridized carbons (Fsp3) is 0.647. The lowest BCUT2D eigenvalue weighted by Crippen LogP contribution is -2.37. The van der Waals surface area contributed by atoms with Crippen LogP contribution in [0.2, 0.25) is 0 Å². The molecule has 8 nitrogen and oxygen atoms in total. The van der Waals surface area contributed by atoms with Crippen LogP contribution in [0, 0.1) is 5.92 Å². The second-order valence-electron chi connectivity index (χ2n) is 5.85. The molecular formula is C17H28N2O6. The molecule has 0 fully saturated rings. The van der Waals surface area contributed by atoms with Crippen molar-refractivity contribution in [1.82, 2.24) is 0 Å². The highest BCUT2D eigenvalue weighted by Crippen LogP contribution is 2.11. The van der Waals surface area contributed by atoms with Crippen LogP contribution in [0.5, 0.6) is 0 Å². The summed E-state index contributed by atoms with van der Waals surface area (Å²) >= 11 is 0. The van der Waals surface area contributed by atoms with E-state index < -0.39 is 48.6 Å². The Morgan fingerprint density at radius 3 is 2.28 bits per heavy atom. The van der Waals surface area contributed by atoms with Crippen molar-refractivity contribution in [2.24, 2.45) is 17.4 Å². The van der Waals surface area contributed by atoms with Crippen LogP contribution in [0.1, 0.15) is 58.3 Å². The molecule has 5 N–H and O–H groups in total. The van der Waals surface area contributed by atoms with Gasteiger partial charge in [-0.1, -0.05) is 44.8 Å². The van der Waals surface area contributed by atoms with Crippen LogP contribution in [0.3, 0.4) is 0 Å². The molecule has 0 spiro atoms. The first-order valence-corrected chi connectivity index (χ1v) is 8.45. The molecule has 0 radical (unpaired) electrons. The normalized spacial score (nSPS) is 13.4. The molecule has 1 amide bonds. The minimum atomic E-state index is -1.34. The maximum Gasteiger partial charge on any atom is 0.331 e. The predicted octanol–water partition coefficient (Wildman–Crippen LogP) is 1.27. The van der Waals surface area contributed by atoms with Crippen LogP contribution < -0.4 is 11.5 Å². The number of esters is 2. The zero-order chi connectivity index (χ0) is 19.2. The Morgan fingerprint density at radius 2 is 1.72 bits per heavy atom. The number of rotatable bonds is 13. The minimum absolute atomic E-state index is 0.452. The van der Waals surface area contributed by atoms with Gasteiger partial charge in [-0.15, -0.1) is 0 Å². The molecule has 0 rings (SSSR count). The average molecular weight is 356 g/mol. The number of hydrogen-bond acceptors (Lipinski definition) is 6. The molecule has 1 unspecified atom stereocenters. The number of ether oxygens (including phenoxy) is 1. The number of unbranched alkanes of at least 4 members (excludes halogenated alkanes) is 5. The fourth-order valence-electron chi connectivity index (χ4n) is 2.07. The molecule has 0 aliphatic heterocycles. The van der Waals surface area contributed by atoms with Crippen molar-refractivity contribution in [2.75, 3.05) is 0 Å². The van der Waals surface area contributed by atoms with Crippen LogP contribution in [0.25, 0.3) is 0 Å². The molecule has 0 aliphatic rings. The van der Waals surface area contributed by atoms with Gasteiger partial charge in [0.1, 0.15) is 6.04 Å². The topological polar surface area (TPSA) is 150 Å². The average Bonchev–Trinajstić information content (AvgIpc) is 2.51. The van der Waals surface area contributed by atoms with Crippen molar-refractivity contribution >= 4 is 23.8 Å². The van der Waals surface area contributed by atoms with Crippen molar-refractivity contribution in [1.29, 1.82) is 0 Å². The standard InChI is InChI=1S/C17H28N2O6/c1-2-3-4-5-6-7-8-9-12(16(22)23)10-15(21)25-17(24)13(18)11-14(19)20/h8-9,12-13H,2-7,10-11,18H2,1H3,(H2,19,20)(H,22,23)/t12?,13-/m0/s1. The summed E-state index contributed by atoms with van der Waals surface area (Å²) in [6.07, 6.45) is 8.44. The van der Waals surface area contributed by atoms with Gasteiger partial charge in [0, 0.05) is 0 Å². The summed E-state index contributed by atoms with van der Waals surface area (Å²) < 4.78 is 4.46. The van der Waals surface area contributed by atoms with Gasteiger partial charge in [-0.2, -0.15) is 0 Å². The zero-order valence-corrected chi connectivity index (χ0v) is 14.6. The highest BCUT2D eigenvalue weighted by atomic mass is 16.6. The Balaban J connectivity index is 4.32. The Kier molecular flexibility index (Phi) is 11.9. The highest BCUT2D eigenvalue weighted by Gasteiger charge is 2.24. The third kappa shape index (κ3) is 11.9. The third-order valence-electron chi connectivity index (χ3n) is 3.48. The van der Waals surface area contributed by atoms with Crippen molar-refractivity contribution in [3.05, 3.63) is 12.2 Å². The number of carbonyl (C=O) groups excluding carboxylic acids is 3. The maximum absolute atomic E-state index is 11.7. The van der Waals surface area contributed by atoms with Gasteiger partial charge in [-0.3, -0.25) is 14.4 Å². The maximum atomic E-state index is 11.7. The molecule has 8 heteroatoms. The summed E-state index contributed by atoms with van der Waals surface area (Å²) in [6.45, 7) is 2.13. The number of amides is 1. The lowest BCUT2D eigenvalue weighted by molar-refractivity contribution is -0.163. The molecule has 0 aromatic carbocycles. The summed E-state index contributed by atoms with van der Waals surface area (Å²) in [7, 11) is 0. The van der Waals surface area contributed by atoms with Crippen molar-refractivity contribution in [3.8, 4) is 0 Å². The summed E-state index contributed by atoms with van der Waals surface area (Å²) in [5, 5.41) is 9.13. The number of carbonyl (C=O) groups is 4. The van der Waals surface area contributed by atoms with Crippen LogP contribution in [-0.4, -0.2) is 35.0 Å². The number of carboxylic acid groups (broad SMARTS) is 1. The second kappa shape index (κ2) is 13.1. The number of aliphatic carboxylic acids is 1. The Morgan fingerprint density at radius 1 is 1.08 bits per heavy atom. The van der Waals surface area contributed by atoms with Crippen LogP contribution in [0.4, 0.5) is 0 Å². The van der Waals surface area contributed by atoms with Crippen LogP contribution >= 0.6 is 0 Å². The zero-order valence-electron chi connectivity index (χ0n) is 14.6. The van der Waals surface area contributed by atoms with E-state index in [1.54, 1.807) is 6.08 Å². The van der Waals surface area contributed by atoms with E-state index in [1.807, 2.05) is 0 Å². The smallest absolute Gasteiger partial charge is 0.331 e. The van der Waals surface area contributed by atoms with E-state index >= 15 is 0 Å². The van der Waals surface area contributed by atoms with Crippen molar-refractivity contribution < 1.29 is 29.0 Å². The van der Waals surface area contributed by atoms with Gasteiger partial charge in [-0.25, -0.2) is 4.79 Å². The molecule has 0 aliphatic carbocycles. The van der Waals surface area contributed by atoms with E-state index in [0.717, 1.165) is 32.1 Å². The number of nitrogens with two attached hydrogens (primary N) is 2. The van der Waals surface area contributed by atoms with Gasteiger partial charge in [0.2, 0.25) is 5.91 Å². The number of primary amides is 1. The quantitative estimate of drug-likeness (QED) is 0.194. The summed E-state index contributed by atoms with van der Waals surface area (Å²) in [4.78, 5) is 45.0. The number of carboxylic acids is 1. The molecule has 0 aromatic heterocycles. The molecular weight excluding hydrogens is 328 g/mol. The Bertz CT molecular complexity index is 490. The van der Waals surface area contributed by atoms with Crippen LogP contribution in [0.15, 0.2) is 12.2 Å². The predicted molar refractivity (Wildman–Crippen MR) is 91.1 cm³/mol. The van der Waals surface area contributed by atoms with Crippen molar-refractivity contribution in [3.63, 3.8) is 0 Å². The summed E-state index contributed by atoms with van der Waals surface area (Å²) in [5.41, 5.74) is 10.2. The van der Waals surface area contributed by atoms with Gasteiger partial charge >= 0.3 is 17.9 Å². The molecule has 0 saturated carbocycles. The van der Waals surface area contributed by atoms with E-state index in [2.05, 4.69) is 11.7 Å². The molecule has 0 saturated heterocycles.